The lowest BCUT2D eigenvalue weighted by atomic mass is 10.1. The van der Waals surface area contributed by atoms with E-state index in [9.17, 15) is 17.6 Å². The van der Waals surface area contributed by atoms with Gasteiger partial charge in [0.05, 0.1) is 17.2 Å². The standard InChI is InChI=1S/C19H17F4N3.ClH/c20-16-4-1-14(2-5-16)13-25-7-9-26(10-8-25)17-6-3-15(12-24)18(11-17)19(21,22)23;/h1-6,11H,7-10,13H2;1H. The zero-order valence-corrected chi connectivity index (χ0v) is 15.2. The van der Waals surface area contributed by atoms with Crippen LogP contribution in [0.1, 0.15) is 16.7 Å². The topological polar surface area (TPSA) is 30.3 Å². The van der Waals surface area contributed by atoms with E-state index in [-0.39, 0.29) is 23.8 Å². The van der Waals surface area contributed by atoms with Gasteiger partial charge >= 0.3 is 6.18 Å². The van der Waals surface area contributed by atoms with Gasteiger partial charge in [0.2, 0.25) is 0 Å². The van der Waals surface area contributed by atoms with E-state index in [2.05, 4.69) is 4.90 Å². The first-order valence-corrected chi connectivity index (χ1v) is 8.20. The number of alkyl halides is 3. The molecule has 1 fully saturated rings. The van der Waals surface area contributed by atoms with Crippen molar-refractivity contribution in [3.8, 4) is 6.07 Å². The molecule has 1 heterocycles. The molecule has 3 rings (SSSR count). The van der Waals surface area contributed by atoms with Crippen LogP contribution in [0, 0.1) is 17.1 Å². The van der Waals surface area contributed by atoms with Crippen molar-refractivity contribution in [2.75, 3.05) is 31.1 Å². The Hall–Kier alpha value is -2.30. The van der Waals surface area contributed by atoms with E-state index < -0.39 is 11.7 Å². The Labute approximate surface area is 161 Å². The fourth-order valence-corrected chi connectivity index (χ4v) is 3.07. The molecule has 1 aliphatic heterocycles. The molecule has 0 amide bonds. The van der Waals surface area contributed by atoms with Crippen LogP contribution in [-0.4, -0.2) is 31.1 Å². The minimum absolute atomic E-state index is 0. The molecule has 2 aromatic carbocycles. The SMILES string of the molecule is Cl.N#Cc1ccc(N2CCN(Cc3ccc(F)cc3)CC2)cc1C(F)(F)F. The number of piperazine rings is 1. The van der Waals surface area contributed by atoms with E-state index in [1.165, 1.54) is 18.2 Å². The van der Waals surface area contributed by atoms with E-state index in [0.29, 0.717) is 38.4 Å². The Kier molecular flexibility index (Phi) is 6.68. The lowest BCUT2D eigenvalue weighted by Gasteiger charge is -2.36. The highest BCUT2D eigenvalue weighted by Gasteiger charge is 2.34. The van der Waals surface area contributed by atoms with E-state index in [1.54, 1.807) is 24.3 Å². The van der Waals surface area contributed by atoms with Crippen LogP contribution in [0.2, 0.25) is 0 Å². The number of rotatable bonds is 3. The van der Waals surface area contributed by atoms with Crippen molar-refractivity contribution in [1.82, 2.24) is 4.90 Å². The Balaban J connectivity index is 0.00000261. The summed E-state index contributed by atoms with van der Waals surface area (Å²) in [5.41, 5.74) is 0.206. The molecule has 1 aliphatic rings. The van der Waals surface area contributed by atoms with Gasteiger partial charge in [-0.25, -0.2) is 4.39 Å². The Morgan fingerprint density at radius 1 is 0.963 bits per heavy atom. The van der Waals surface area contributed by atoms with Gasteiger partial charge in [-0.3, -0.25) is 4.90 Å². The van der Waals surface area contributed by atoms with Crippen molar-refractivity contribution in [1.29, 1.82) is 5.26 Å². The average Bonchev–Trinajstić information content (AvgIpc) is 2.63. The van der Waals surface area contributed by atoms with Gasteiger partial charge in [-0.2, -0.15) is 18.4 Å². The maximum atomic E-state index is 13.1. The Morgan fingerprint density at radius 3 is 2.15 bits per heavy atom. The van der Waals surface area contributed by atoms with E-state index in [0.717, 1.165) is 11.6 Å². The van der Waals surface area contributed by atoms with Gasteiger partial charge in [0.25, 0.3) is 0 Å². The predicted octanol–water partition coefficient (Wildman–Crippen LogP) is 4.46. The highest BCUT2D eigenvalue weighted by Crippen LogP contribution is 2.34. The summed E-state index contributed by atoms with van der Waals surface area (Å²) in [6.07, 6.45) is -4.55. The molecule has 0 aliphatic carbocycles. The van der Waals surface area contributed by atoms with Crippen LogP contribution < -0.4 is 4.90 Å². The third-order valence-corrected chi connectivity index (χ3v) is 4.49. The molecule has 0 N–H and O–H groups in total. The van der Waals surface area contributed by atoms with Crippen LogP contribution in [0.5, 0.6) is 0 Å². The molecule has 0 atom stereocenters. The van der Waals surface area contributed by atoms with Crippen LogP contribution in [0.25, 0.3) is 0 Å². The second-order valence-electron chi connectivity index (χ2n) is 6.23. The van der Waals surface area contributed by atoms with Crippen LogP contribution in [-0.2, 0) is 12.7 Å². The molecule has 144 valence electrons. The molecule has 0 radical (unpaired) electrons. The molecule has 27 heavy (non-hydrogen) atoms. The lowest BCUT2D eigenvalue weighted by molar-refractivity contribution is -0.137. The molecule has 0 aromatic heterocycles. The zero-order valence-electron chi connectivity index (χ0n) is 14.3. The molecule has 0 unspecified atom stereocenters. The predicted molar refractivity (Wildman–Crippen MR) is 97.3 cm³/mol. The first kappa shape index (κ1) is 21.0. The number of benzene rings is 2. The Bertz CT molecular complexity index is 807. The minimum atomic E-state index is -4.55. The van der Waals surface area contributed by atoms with E-state index in [4.69, 9.17) is 5.26 Å². The van der Waals surface area contributed by atoms with Crippen LogP contribution >= 0.6 is 12.4 Å². The summed E-state index contributed by atoms with van der Waals surface area (Å²) < 4.78 is 52.3. The van der Waals surface area contributed by atoms with Crippen LogP contribution in [0.15, 0.2) is 42.5 Å². The first-order valence-electron chi connectivity index (χ1n) is 8.20. The normalized spacial score (nSPS) is 15.1. The van der Waals surface area contributed by atoms with Gasteiger partial charge in [-0.05, 0) is 35.9 Å². The molecule has 0 saturated carbocycles. The van der Waals surface area contributed by atoms with Crippen molar-refractivity contribution in [3.05, 3.63) is 65.0 Å². The summed E-state index contributed by atoms with van der Waals surface area (Å²) in [5.74, 6) is -0.278. The molecule has 0 bridgehead atoms. The first-order chi connectivity index (χ1) is 12.4. The van der Waals surface area contributed by atoms with E-state index >= 15 is 0 Å². The van der Waals surface area contributed by atoms with E-state index in [1.807, 2.05) is 4.90 Å². The number of hydrogen-bond acceptors (Lipinski definition) is 3. The highest BCUT2D eigenvalue weighted by atomic mass is 35.5. The third-order valence-electron chi connectivity index (χ3n) is 4.49. The van der Waals surface area contributed by atoms with Gasteiger partial charge < -0.3 is 4.90 Å². The number of nitrogens with zero attached hydrogens (tertiary/aromatic N) is 3. The summed E-state index contributed by atoms with van der Waals surface area (Å²) in [7, 11) is 0. The van der Waals surface area contributed by atoms with Crippen molar-refractivity contribution in [2.45, 2.75) is 12.7 Å². The molecule has 2 aromatic rings. The highest BCUT2D eigenvalue weighted by molar-refractivity contribution is 5.85. The molecule has 8 heteroatoms. The number of halogens is 5. The monoisotopic (exact) mass is 399 g/mol. The smallest absolute Gasteiger partial charge is 0.369 e. The quantitative estimate of drug-likeness (QED) is 0.714. The summed E-state index contributed by atoms with van der Waals surface area (Å²) >= 11 is 0. The summed E-state index contributed by atoms with van der Waals surface area (Å²) in [6, 6.07) is 11.7. The van der Waals surface area contributed by atoms with Crippen molar-refractivity contribution >= 4 is 18.1 Å². The summed E-state index contributed by atoms with van der Waals surface area (Å²) in [5, 5.41) is 8.88. The fourth-order valence-electron chi connectivity index (χ4n) is 3.07. The summed E-state index contributed by atoms with van der Waals surface area (Å²) in [4.78, 5) is 4.07. The maximum Gasteiger partial charge on any atom is 0.417 e. The molecule has 3 nitrogen and oxygen atoms in total. The minimum Gasteiger partial charge on any atom is -0.369 e. The van der Waals surface area contributed by atoms with Gasteiger partial charge in [0, 0.05) is 38.4 Å². The molecular weight excluding hydrogens is 382 g/mol. The van der Waals surface area contributed by atoms with Crippen molar-refractivity contribution in [3.63, 3.8) is 0 Å². The van der Waals surface area contributed by atoms with Crippen LogP contribution in [0.3, 0.4) is 0 Å². The number of nitriles is 1. The van der Waals surface area contributed by atoms with Crippen molar-refractivity contribution < 1.29 is 17.6 Å². The molecule has 1 saturated heterocycles. The second kappa shape index (κ2) is 8.59. The maximum absolute atomic E-state index is 13.1. The van der Waals surface area contributed by atoms with Crippen LogP contribution in [0.4, 0.5) is 23.2 Å². The van der Waals surface area contributed by atoms with Crippen molar-refractivity contribution in [2.24, 2.45) is 0 Å². The number of hydrogen-bond donors (Lipinski definition) is 0. The molecular formula is C19H18ClF4N3. The molecule has 0 spiro atoms. The largest absolute Gasteiger partial charge is 0.417 e. The fraction of sp³-hybridized carbons (Fsp3) is 0.316. The summed E-state index contributed by atoms with van der Waals surface area (Å²) in [6.45, 7) is 3.24. The van der Waals surface area contributed by atoms with Gasteiger partial charge in [-0.1, -0.05) is 12.1 Å². The second-order valence-corrected chi connectivity index (χ2v) is 6.23. The van der Waals surface area contributed by atoms with Gasteiger partial charge in [0.1, 0.15) is 5.82 Å². The third kappa shape index (κ3) is 5.12. The van der Waals surface area contributed by atoms with Gasteiger partial charge in [0.15, 0.2) is 0 Å². The number of anilines is 1. The zero-order chi connectivity index (χ0) is 18.7. The van der Waals surface area contributed by atoms with Gasteiger partial charge in [-0.15, -0.1) is 12.4 Å². The lowest BCUT2D eigenvalue weighted by Crippen LogP contribution is -2.46. The Morgan fingerprint density at radius 2 is 1.59 bits per heavy atom. The average molecular weight is 400 g/mol.